The second-order valence-electron chi connectivity index (χ2n) is 4.79. The van der Waals surface area contributed by atoms with E-state index in [1.54, 1.807) is 24.4 Å². The van der Waals surface area contributed by atoms with E-state index in [0.29, 0.717) is 25.5 Å². The molecule has 124 valence electrons. The Morgan fingerprint density at radius 1 is 1.33 bits per heavy atom. The molecular weight excluding hydrogens is 352 g/mol. The molecule has 3 rings (SSSR count). The Hall–Kier alpha value is -2.52. The molecule has 0 bridgehead atoms. The van der Waals surface area contributed by atoms with Crippen molar-refractivity contribution in [1.29, 1.82) is 0 Å². The Kier molecular flexibility index (Phi) is 4.45. The van der Waals surface area contributed by atoms with Gasteiger partial charge in [0.15, 0.2) is 0 Å². The highest BCUT2D eigenvalue weighted by molar-refractivity contribution is 7.20. The van der Waals surface area contributed by atoms with Crippen molar-refractivity contribution in [3.05, 3.63) is 49.0 Å². The van der Waals surface area contributed by atoms with Gasteiger partial charge in [-0.15, -0.1) is 22.7 Å². The van der Waals surface area contributed by atoms with Crippen LogP contribution in [0.15, 0.2) is 22.3 Å². The van der Waals surface area contributed by atoms with Crippen LogP contribution in [0.3, 0.4) is 0 Å². The first-order valence-electron chi connectivity index (χ1n) is 6.82. The Morgan fingerprint density at radius 2 is 2.12 bits per heavy atom. The van der Waals surface area contributed by atoms with Crippen molar-refractivity contribution < 1.29 is 19.1 Å². The van der Waals surface area contributed by atoms with E-state index in [9.17, 15) is 14.4 Å². The van der Waals surface area contributed by atoms with Crippen molar-refractivity contribution in [1.82, 2.24) is 9.97 Å². The summed E-state index contributed by atoms with van der Waals surface area (Å²) in [5, 5.41) is 2.11. The Balaban J connectivity index is 1.89. The molecule has 0 saturated heterocycles. The number of aromatic nitrogens is 2. The van der Waals surface area contributed by atoms with Crippen LogP contribution in [-0.2, 0) is 16.1 Å². The number of hydrogen-bond donors (Lipinski definition) is 1. The maximum Gasteiger partial charge on any atom is 0.348 e. The number of hydrogen-bond acceptors (Lipinski definition) is 8. The maximum atomic E-state index is 12.2. The monoisotopic (exact) mass is 364 g/mol. The summed E-state index contributed by atoms with van der Waals surface area (Å²) in [6.45, 7) is 1.50. The number of H-pyrrole nitrogens is 1. The molecule has 0 saturated carbocycles. The van der Waals surface area contributed by atoms with Crippen LogP contribution in [0.4, 0.5) is 0 Å². The molecule has 3 aromatic rings. The smallest absolute Gasteiger partial charge is 0.348 e. The standard InChI is InChI=1S/C15H12N2O5S2/c1-7-10-12(18)16-9(6-22-14(19)8-4-3-5-23-8)17-13(10)24-11(7)15(20)21-2/h3-5H,6H2,1-2H3,(H,16,17,18). The first kappa shape index (κ1) is 16.3. The van der Waals surface area contributed by atoms with E-state index in [4.69, 9.17) is 9.47 Å². The molecule has 0 spiro atoms. The molecular formula is C15H12N2O5S2. The highest BCUT2D eigenvalue weighted by Gasteiger charge is 2.20. The number of fused-ring (bicyclic) bond motifs is 1. The quantitative estimate of drug-likeness (QED) is 0.714. The molecule has 0 aromatic carbocycles. The maximum absolute atomic E-state index is 12.2. The third-order valence-corrected chi connectivity index (χ3v) is 5.30. The number of methoxy groups -OCH3 is 1. The van der Waals surface area contributed by atoms with Gasteiger partial charge in [0.05, 0.1) is 12.5 Å². The fourth-order valence-electron chi connectivity index (χ4n) is 2.14. The minimum absolute atomic E-state index is 0.160. The average molecular weight is 364 g/mol. The van der Waals surface area contributed by atoms with E-state index >= 15 is 0 Å². The van der Waals surface area contributed by atoms with Crippen molar-refractivity contribution in [2.24, 2.45) is 0 Å². The summed E-state index contributed by atoms with van der Waals surface area (Å²) < 4.78 is 9.83. The highest BCUT2D eigenvalue weighted by Crippen LogP contribution is 2.27. The number of esters is 2. The van der Waals surface area contributed by atoms with Gasteiger partial charge in [0, 0.05) is 0 Å². The minimum atomic E-state index is -0.513. The van der Waals surface area contributed by atoms with Gasteiger partial charge in [-0.05, 0) is 23.9 Å². The fraction of sp³-hybridized carbons (Fsp3) is 0.200. The van der Waals surface area contributed by atoms with Gasteiger partial charge in [0.1, 0.15) is 27.0 Å². The number of thiophene rings is 2. The lowest BCUT2D eigenvalue weighted by Gasteiger charge is -2.03. The van der Waals surface area contributed by atoms with E-state index < -0.39 is 11.9 Å². The van der Waals surface area contributed by atoms with E-state index in [1.165, 1.54) is 18.4 Å². The summed E-state index contributed by atoms with van der Waals surface area (Å²) in [7, 11) is 1.28. The number of nitrogens with zero attached hydrogens (tertiary/aromatic N) is 1. The summed E-state index contributed by atoms with van der Waals surface area (Å²) in [4.78, 5) is 43.8. The number of rotatable bonds is 4. The summed E-state index contributed by atoms with van der Waals surface area (Å²) >= 11 is 2.34. The highest BCUT2D eigenvalue weighted by atomic mass is 32.1. The number of carbonyl (C=O) groups is 2. The molecule has 7 nitrogen and oxygen atoms in total. The van der Waals surface area contributed by atoms with Crippen molar-refractivity contribution in [3.63, 3.8) is 0 Å². The van der Waals surface area contributed by atoms with Gasteiger partial charge in [-0.1, -0.05) is 6.07 Å². The predicted octanol–water partition coefficient (Wildman–Crippen LogP) is 2.50. The van der Waals surface area contributed by atoms with Gasteiger partial charge in [-0.2, -0.15) is 0 Å². The van der Waals surface area contributed by atoms with E-state index in [2.05, 4.69) is 9.97 Å². The Labute approximate surface area is 143 Å². The van der Waals surface area contributed by atoms with Gasteiger partial charge in [-0.25, -0.2) is 14.6 Å². The molecule has 3 heterocycles. The van der Waals surface area contributed by atoms with Gasteiger partial charge in [-0.3, -0.25) is 4.79 Å². The fourth-order valence-corrected chi connectivity index (χ4v) is 3.88. The van der Waals surface area contributed by atoms with E-state index in [0.717, 1.165) is 11.3 Å². The summed E-state index contributed by atoms with van der Waals surface area (Å²) in [5.41, 5.74) is 0.142. The number of ether oxygens (including phenoxy) is 2. The number of aryl methyl sites for hydroxylation is 1. The predicted molar refractivity (Wildman–Crippen MR) is 89.8 cm³/mol. The average Bonchev–Trinajstić information content (AvgIpc) is 3.20. The zero-order valence-corrected chi connectivity index (χ0v) is 14.4. The molecule has 0 aliphatic carbocycles. The molecule has 0 aliphatic rings. The van der Waals surface area contributed by atoms with Crippen molar-refractivity contribution in [2.45, 2.75) is 13.5 Å². The molecule has 0 fully saturated rings. The lowest BCUT2D eigenvalue weighted by Crippen LogP contribution is -2.14. The zero-order chi connectivity index (χ0) is 17.3. The molecule has 0 radical (unpaired) electrons. The van der Waals surface area contributed by atoms with Crippen LogP contribution in [0, 0.1) is 6.92 Å². The van der Waals surface area contributed by atoms with Crippen LogP contribution in [0.2, 0.25) is 0 Å². The van der Waals surface area contributed by atoms with Crippen LogP contribution in [0.1, 0.15) is 30.7 Å². The molecule has 24 heavy (non-hydrogen) atoms. The van der Waals surface area contributed by atoms with Crippen molar-refractivity contribution >= 4 is 44.8 Å². The first-order valence-corrected chi connectivity index (χ1v) is 8.52. The third-order valence-electron chi connectivity index (χ3n) is 3.28. The molecule has 0 aliphatic heterocycles. The Bertz CT molecular complexity index is 972. The van der Waals surface area contributed by atoms with Gasteiger partial charge in [0.25, 0.3) is 5.56 Å². The summed E-state index contributed by atoms with van der Waals surface area (Å²) in [5.74, 6) is -0.777. The van der Waals surface area contributed by atoms with Crippen molar-refractivity contribution in [2.75, 3.05) is 7.11 Å². The topological polar surface area (TPSA) is 98.3 Å². The SMILES string of the molecule is COC(=O)c1sc2nc(COC(=O)c3cccs3)[nH]c(=O)c2c1C. The minimum Gasteiger partial charge on any atom is -0.465 e. The second kappa shape index (κ2) is 6.54. The van der Waals surface area contributed by atoms with E-state index in [-0.39, 0.29) is 18.0 Å². The second-order valence-corrected chi connectivity index (χ2v) is 6.74. The number of nitrogens with one attached hydrogen (secondary N) is 1. The lowest BCUT2D eigenvalue weighted by atomic mass is 10.2. The summed E-state index contributed by atoms with van der Waals surface area (Å²) in [6, 6.07) is 3.40. The molecule has 0 amide bonds. The summed E-state index contributed by atoms with van der Waals surface area (Å²) in [6.07, 6.45) is 0. The molecule has 1 N–H and O–H groups in total. The zero-order valence-electron chi connectivity index (χ0n) is 12.7. The van der Waals surface area contributed by atoms with Crippen LogP contribution in [0.5, 0.6) is 0 Å². The number of aromatic amines is 1. The molecule has 0 unspecified atom stereocenters. The van der Waals surface area contributed by atoms with Gasteiger partial charge < -0.3 is 14.5 Å². The number of carbonyl (C=O) groups excluding carboxylic acids is 2. The van der Waals surface area contributed by atoms with Gasteiger partial charge >= 0.3 is 11.9 Å². The third kappa shape index (κ3) is 2.95. The largest absolute Gasteiger partial charge is 0.465 e. The van der Waals surface area contributed by atoms with Crippen LogP contribution in [-0.4, -0.2) is 29.0 Å². The van der Waals surface area contributed by atoms with Crippen molar-refractivity contribution in [3.8, 4) is 0 Å². The normalized spacial score (nSPS) is 10.8. The molecule has 0 atom stereocenters. The van der Waals surface area contributed by atoms with Crippen LogP contribution >= 0.6 is 22.7 Å². The Morgan fingerprint density at radius 3 is 2.79 bits per heavy atom. The first-order chi connectivity index (χ1) is 11.5. The molecule has 9 heteroatoms. The molecule has 3 aromatic heterocycles. The lowest BCUT2D eigenvalue weighted by molar-refractivity contribution is 0.0467. The van der Waals surface area contributed by atoms with E-state index in [1.807, 2.05) is 0 Å². The van der Waals surface area contributed by atoms with Crippen LogP contribution in [0.25, 0.3) is 10.2 Å². The van der Waals surface area contributed by atoms with Gasteiger partial charge in [0.2, 0.25) is 0 Å². The van der Waals surface area contributed by atoms with Crippen LogP contribution < -0.4 is 5.56 Å².